The molecule has 3 aliphatic carbocycles. The van der Waals surface area contributed by atoms with Crippen LogP contribution in [-0.2, 0) is 16.2 Å². The van der Waals surface area contributed by atoms with Crippen LogP contribution in [0.2, 0.25) is 0 Å². The Morgan fingerprint density at radius 1 is 0.194 bits per heavy atom. The van der Waals surface area contributed by atoms with Gasteiger partial charge in [0.2, 0.25) is 0 Å². The zero-order chi connectivity index (χ0) is 62.5. The van der Waals surface area contributed by atoms with Crippen LogP contribution in [0.5, 0.6) is 0 Å². The van der Waals surface area contributed by atoms with Gasteiger partial charge in [0, 0.05) is 50.4 Å². The first kappa shape index (κ1) is 54.8. The van der Waals surface area contributed by atoms with Crippen LogP contribution in [0.3, 0.4) is 0 Å². The van der Waals surface area contributed by atoms with Crippen LogP contribution in [0.1, 0.15) is 74.9 Å². The van der Waals surface area contributed by atoms with Crippen LogP contribution in [0, 0.1) is 0 Å². The Morgan fingerprint density at radius 3 is 1.14 bits per heavy atom. The maximum Gasteiger partial charge on any atom is 0.0468 e. The van der Waals surface area contributed by atoms with E-state index in [2.05, 4.69) is 355 Å². The third kappa shape index (κ3) is 8.34. The molecule has 442 valence electrons. The van der Waals surface area contributed by atoms with Gasteiger partial charge in [-0.05, 0) is 240 Å². The van der Waals surface area contributed by atoms with Gasteiger partial charge in [-0.25, -0.2) is 0 Å². The predicted octanol–water partition coefficient (Wildman–Crippen LogP) is 25.2. The number of para-hydroxylation sites is 2. The summed E-state index contributed by atoms with van der Waals surface area (Å²) in [6.45, 7) is 14.4. The van der Waals surface area contributed by atoms with Gasteiger partial charge in [0.1, 0.15) is 0 Å². The predicted molar refractivity (Wildman–Crippen MR) is 395 cm³/mol. The zero-order valence-corrected chi connectivity index (χ0v) is 53.3. The highest BCUT2D eigenvalue weighted by atomic mass is 15.1. The molecule has 0 saturated carbocycles. The van der Waals surface area contributed by atoms with E-state index in [0.717, 1.165) is 34.1 Å². The molecule has 3 aliphatic rings. The van der Waals surface area contributed by atoms with E-state index in [-0.39, 0.29) is 16.2 Å². The standard InChI is InChI=1S/C91H68N2/c1-89(2)81-34-19-17-31-71(81)73-45-38-61(52-83(73)89)87-76-48-43-66(92(63-26-9-7-10-27-63)65-40-36-58(37-41-65)70-33-21-25-57-22-15-16-30-69(57)70)54-79(76)88(62-39-46-75-78-50-59-23-13-14-24-60(59)51-85(78)91(5,6)84(75)53-62)77-49-44-67(55-80(77)87)93(64-28-11-8-12-29-64)68-42-47-74-72-32-18-20-35-82(72)90(3,4)86(74)56-68/h7-56H,1-6H3. The van der Waals surface area contributed by atoms with Gasteiger partial charge >= 0.3 is 0 Å². The molecule has 0 N–H and O–H groups in total. The molecule has 0 radical (unpaired) electrons. The van der Waals surface area contributed by atoms with E-state index >= 15 is 0 Å². The van der Waals surface area contributed by atoms with Crippen LogP contribution in [0.15, 0.2) is 303 Å². The average molecular weight is 1190 g/mol. The molecule has 15 aromatic rings. The molecule has 0 aliphatic heterocycles. The highest BCUT2D eigenvalue weighted by Crippen LogP contribution is 2.57. The van der Waals surface area contributed by atoms with Crippen molar-refractivity contribution in [2.75, 3.05) is 9.80 Å². The highest BCUT2D eigenvalue weighted by Gasteiger charge is 2.39. The fraction of sp³-hybridized carbons (Fsp3) is 0.0989. The van der Waals surface area contributed by atoms with E-state index < -0.39 is 0 Å². The normalized spacial score (nSPS) is 14.2. The quantitative estimate of drug-likeness (QED) is 0.133. The van der Waals surface area contributed by atoms with Gasteiger partial charge in [-0.15, -0.1) is 0 Å². The maximum absolute atomic E-state index is 2.55. The molecule has 0 amide bonds. The first-order chi connectivity index (χ1) is 45.4. The van der Waals surface area contributed by atoms with E-state index in [1.54, 1.807) is 0 Å². The minimum atomic E-state index is -0.256. The Bertz CT molecular complexity index is 5590. The minimum Gasteiger partial charge on any atom is -0.310 e. The van der Waals surface area contributed by atoms with Gasteiger partial charge < -0.3 is 9.80 Å². The second kappa shape index (κ2) is 20.5. The van der Waals surface area contributed by atoms with Crippen molar-refractivity contribution in [2.45, 2.75) is 57.8 Å². The zero-order valence-electron chi connectivity index (χ0n) is 53.3. The average Bonchev–Trinajstić information content (AvgIpc) is 1.14. The first-order valence-corrected chi connectivity index (χ1v) is 32.9. The molecular weight excluding hydrogens is 1120 g/mol. The second-order valence-corrected chi connectivity index (χ2v) is 27.6. The molecule has 0 unspecified atom stereocenters. The Hall–Kier alpha value is -11.1. The van der Waals surface area contributed by atoms with Crippen molar-refractivity contribution in [3.05, 3.63) is 337 Å². The fourth-order valence-electron chi connectivity index (χ4n) is 16.7. The summed E-state index contributed by atoms with van der Waals surface area (Å²) in [5.41, 5.74) is 29.2. The van der Waals surface area contributed by atoms with Gasteiger partial charge in [-0.1, -0.05) is 248 Å². The Labute approximate surface area is 545 Å². The van der Waals surface area contributed by atoms with Crippen molar-refractivity contribution in [3.8, 4) is 66.8 Å². The number of nitrogens with zero attached hydrogens (tertiary/aromatic N) is 2. The molecule has 0 saturated heterocycles. The number of benzene rings is 15. The van der Waals surface area contributed by atoms with Crippen molar-refractivity contribution in [1.29, 1.82) is 0 Å². The van der Waals surface area contributed by atoms with Gasteiger partial charge in [-0.2, -0.15) is 0 Å². The fourth-order valence-corrected chi connectivity index (χ4v) is 16.7. The van der Waals surface area contributed by atoms with Crippen molar-refractivity contribution in [3.63, 3.8) is 0 Å². The summed E-state index contributed by atoms with van der Waals surface area (Å²) in [4.78, 5) is 4.93. The number of hydrogen-bond acceptors (Lipinski definition) is 2. The Kier molecular flexibility index (Phi) is 12.1. The number of fused-ring (bicyclic) bond motifs is 13. The van der Waals surface area contributed by atoms with E-state index in [9.17, 15) is 0 Å². The summed E-state index contributed by atoms with van der Waals surface area (Å²) < 4.78 is 0. The minimum absolute atomic E-state index is 0.176. The van der Waals surface area contributed by atoms with Gasteiger partial charge in [0.25, 0.3) is 0 Å². The van der Waals surface area contributed by atoms with Crippen LogP contribution < -0.4 is 9.80 Å². The summed E-state index contributed by atoms with van der Waals surface area (Å²) in [5.74, 6) is 0. The van der Waals surface area contributed by atoms with E-state index in [1.807, 2.05) is 0 Å². The van der Waals surface area contributed by atoms with Crippen LogP contribution >= 0.6 is 0 Å². The van der Waals surface area contributed by atoms with E-state index in [4.69, 9.17) is 0 Å². The summed E-state index contributed by atoms with van der Waals surface area (Å²) in [7, 11) is 0. The summed E-state index contributed by atoms with van der Waals surface area (Å²) in [6, 6.07) is 115. The molecule has 2 nitrogen and oxygen atoms in total. The maximum atomic E-state index is 2.55. The van der Waals surface area contributed by atoms with E-state index in [1.165, 1.54) is 143 Å². The molecule has 0 heterocycles. The molecule has 0 aromatic heterocycles. The lowest BCUT2D eigenvalue weighted by Gasteiger charge is -2.29. The SMILES string of the molecule is CC1(C)c2ccccc2-c2ccc(-c3c4ccc(N(c5ccccc5)c5ccc(-c6cccc7ccccc67)cc5)cc4c(-c4ccc5c(c4)C(C)(C)c4cc6ccccc6cc4-5)c4ccc(N(c5ccccc5)c5ccc6c(c5)C(C)(C)c5ccccc5-6)cc34)cc21. The van der Waals surface area contributed by atoms with Crippen molar-refractivity contribution < 1.29 is 0 Å². The Balaban J connectivity index is 0.913. The van der Waals surface area contributed by atoms with Gasteiger partial charge in [0.05, 0.1) is 0 Å². The number of anilines is 6. The highest BCUT2D eigenvalue weighted by molar-refractivity contribution is 6.23. The summed E-state index contributed by atoms with van der Waals surface area (Å²) in [6.07, 6.45) is 0. The van der Waals surface area contributed by atoms with Gasteiger partial charge in [0.15, 0.2) is 0 Å². The van der Waals surface area contributed by atoms with Crippen molar-refractivity contribution in [1.82, 2.24) is 0 Å². The molecule has 0 atom stereocenters. The lowest BCUT2D eigenvalue weighted by Crippen LogP contribution is -2.16. The van der Waals surface area contributed by atoms with Crippen molar-refractivity contribution >= 4 is 77.2 Å². The smallest absolute Gasteiger partial charge is 0.0468 e. The lowest BCUT2D eigenvalue weighted by molar-refractivity contribution is 0.660. The lowest BCUT2D eigenvalue weighted by atomic mass is 9.79. The molecule has 0 fully saturated rings. The van der Waals surface area contributed by atoms with Crippen LogP contribution in [0.4, 0.5) is 34.1 Å². The summed E-state index contributed by atoms with van der Waals surface area (Å²) >= 11 is 0. The number of hydrogen-bond donors (Lipinski definition) is 0. The largest absolute Gasteiger partial charge is 0.310 e. The molecule has 15 aromatic carbocycles. The second-order valence-electron chi connectivity index (χ2n) is 27.6. The molecule has 0 bridgehead atoms. The van der Waals surface area contributed by atoms with Gasteiger partial charge in [-0.3, -0.25) is 0 Å². The first-order valence-electron chi connectivity index (χ1n) is 32.9. The molecule has 0 spiro atoms. The van der Waals surface area contributed by atoms with Crippen LogP contribution in [-0.4, -0.2) is 0 Å². The molecular formula is C91H68N2. The molecule has 93 heavy (non-hydrogen) atoms. The van der Waals surface area contributed by atoms with Crippen molar-refractivity contribution in [2.24, 2.45) is 0 Å². The monoisotopic (exact) mass is 1190 g/mol. The molecule has 2 heteroatoms. The topological polar surface area (TPSA) is 6.48 Å². The third-order valence-electron chi connectivity index (χ3n) is 21.4. The molecule has 18 rings (SSSR count). The number of rotatable bonds is 9. The van der Waals surface area contributed by atoms with Crippen LogP contribution in [0.25, 0.3) is 110 Å². The third-order valence-corrected chi connectivity index (χ3v) is 21.4. The Morgan fingerprint density at radius 2 is 0.559 bits per heavy atom. The van der Waals surface area contributed by atoms with E-state index in [0.29, 0.717) is 0 Å². The summed E-state index contributed by atoms with van der Waals surface area (Å²) in [5, 5.41) is 9.82.